The monoisotopic (exact) mass is 317 g/mol. The van der Waals surface area contributed by atoms with Gasteiger partial charge in [0.1, 0.15) is 0 Å². The van der Waals surface area contributed by atoms with E-state index < -0.39 is 0 Å². The molecular formula is C17H20ClN3O. The fraction of sp³-hybridized carbons (Fsp3) is 0.588. The molecule has 3 aliphatic heterocycles. The highest BCUT2D eigenvalue weighted by Crippen LogP contribution is 2.54. The van der Waals surface area contributed by atoms with Crippen molar-refractivity contribution in [3.8, 4) is 0 Å². The molecule has 0 unspecified atom stereocenters. The molecule has 0 radical (unpaired) electrons. The first-order chi connectivity index (χ1) is 10.7. The van der Waals surface area contributed by atoms with Crippen LogP contribution in [0.3, 0.4) is 0 Å². The van der Waals surface area contributed by atoms with Crippen molar-refractivity contribution < 1.29 is 4.52 Å². The average Bonchev–Trinajstić information content (AvgIpc) is 3.21. The van der Waals surface area contributed by atoms with Crippen LogP contribution in [0.15, 0.2) is 16.7 Å². The van der Waals surface area contributed by atoms with Crippen molar-refractivity contribution in [3.05, 3.63) is 22.7 Å². The number of aromatic nitrogens is 1. The maximum atomic E-state index is 6.34. The lowest BCUT2D eigenvalue weighted by molar-refractivity contribution is 0.0202. The first-order valence-corrected chi connectivity index (χ1v) is 8.63. The molecule has 22 heavy (non-hydrogen) atoms. The molecule has 3 saturated heterocycles. The molecule has 1 aromatic heterocycles. The molecule has 0 amide bonds. The van der Waals surface area contributed by atoms with Gasteiger partial charge in [0.2, 0.25) is 0 Å². The maximum absolute atomic E-state index is 6.34. The van der Waals surface area contributed by atoms with Gasteiger partial charge < -0.3 is 9.84 Å². The number of halogens is 1. The van der Waals surface area contributed by atoms with Crippen LogP contribution >= 0.6 is 11.6 Å². The van der Waals surface area contributed by atoms with Gasteiger partial charge in [0.15, 0.2) is 11.4 Å². The summed E-state index contributed by atoms with van der Waals surface area (Å²) < 4.78 is 5.51. The number of anilines is 1. The minimum atomic E-state index is 0.390. The lowest BCUT2D eigenvalue weighted by atomic mass is 9.77. The number of nitrogens with one attached hydrogen (secondary N) is 1. The summed E-state index contributed by atoms with van der Waals surface area (Å²) in [7, 11) is 0. The van der Waals surface area contributed by atoms with Crippen molar-refractivity contribution in [2.24, 2.45) is 5.92 Å². The summed E-state index contributed by atoms with van der Waals surface area (Å²) in [6.07, 6.45) is 5.23. The fourth-order valence-corrected chi connectivity index (χ4v) is 4.84. The van der Waals surface area contributed by atoms with Gasteiger partial charge in [0.05, 0.1) is 10.4 Å². The summed E-state index contributed by atoms with van der Waals surface area (Å²) in [4.78, 5) is 2.70. The van der Waals surface area contributed by atoms with Crippen molar-refractivity contribution in [3.63, 3.8) is 0 Å². The number of aryl methyl sites for hydroxylation is 1. The summed E-state index contributed by atoms with van der Waals surface area (Å²) in [6.45, 7) is 4.53. The molecule has 1 saturated carbocycles. The van der Waals surface area contributed by atoms with Gasteiger partial charge >= 0.3 is 0 Å². The van der Waals surface area contributed by atoms with E-state index >= 15 is 0 Å². The van der Waals surface area contributed by atoms with Crippen molar-refractivity contribution in [1.82, 2.24) is 10.1 Å². The van der Waals surface area contributed by atoms with Gasteiger partial charge in [0, 0.05) is 11.6 Å². The molecule has 1 spiro atoms. The number of benzene rings is 1. The summed E-state index contributed by atoms with van der Waals surface area (Å²) in [5.41, 5.74) is 2.12. The van der Waals surface area contributed by atoms with Crippen LogP contribution < -0.4 is 5.32 Å². The van der Waals surface area contributed by atoms with Crippen LogP contribution in [0.4, 0.5) is 5.82 Å². The Morgan fingerprint density at radius 3 is 2.82 bits per heavy atom. The number of hydrogen-bond acceptors (Lipinski definition) is 4. The van der Waals surface area contributed by atoms with E-state index in [4.69, 9.17) is 16.1 Å². The standard InChI is InChI=1S/C17H20ClN3O/c1-10-2-3-12-14(13(10)18)22-20-16(12)19-15-11-4-8-21(9-5-11)17(15)6-7-17/h2-3,11,15H,4-9H2,1H3,(H,19,20)/t15-/m0/s1. The van der Waals surface area contributed by atoms with E-state index in [1.807, 2.05) is 13.0 Å². The van der Waals surface area contributed by atoms with E-state index in [9.17, 15) is 0 Å². The van der Waals surface area contributed by atoms with E-state index in [-0.39, 0.29) is 0 Å². The fourth-order valence-electron chi connectivity index (χ4n) is 4.64. The molecule has 116 valence electrons. The summed E-state index contributed by atoms with van der Waals surface area (Å²) in [5.74, 6) is 1.63. The Labute approximate surface area is 134 Å². The third-order valence-electron chi connectivity index (χ3n) is 6.05. The number of rotatable bonds is 2. The predicted octanol–water partition coefficient (Wildman–Crippen LogP) is 3.83. The van der Waals surface area contributed by atoms with Crippen molar-refractivity contribution in [2.75, 3.05) is 18.4 Å². The van der Waals surface area contributed by atoms with Crippen LogP contribution in [-0.4, -0.2) is 34.7 Å². The Morgan fingerprint density at radius 2 is 2.09 bits per heavy atom. The minimum Gasteiger partial charge on any atom is -0.362 e. The van der Waals surface area contributed by atoms with Crippen LogP contribution in [0.25, 0.3) is 11.0 Å². The molecule has 1 N–H and O–H groups in total. The Morgan fingerprint density at radius 1 is 1.32 bits per heavy atom. The molecule has 4 aliphatic rings. The summed E-state index contributed by atoms with van der Waals surface area (Å²) in [6, 6.07) is 4.61. The SMILES string of the molecule is Cc1ccc2c(N[C@H]3C4CCN(CC4)C34CC4)noc2c1Cl. The Balaban J connectivity index is 1.53. The van der Waals surface area contributed by atoms with Crippen molar-refractivity contribution in [2.45, 2.75) is 44.2 Å². The lowest BCUT2D eigenvalue weighted by Crippen LogP contribution is -2.62. The summed E-state index contributed by atoms with van der Waals surface area (Å²) in [5, 5.41) is 9.69. The predicted molar refractivity (Wildman–Crippen MR) is 87.4 cm³/mol. The normalized spacial score (nSPS) is 31.8. The van der Waals surface area contributed by atoms with E-state index in [0.29, 0.717) is 22.2 Å². The minimum absolute atomic E-state index is 0.390. The van der Waals surface area contributed by atoms with Crippen LogP contribution in [-0.2, 0) is 0 Å². The number of hydrogen-bond donors (Lipinski definition) is 1. The van der Waals surface area contributed by atoms with Gasteiger partial charge in [-0.2, -0.15) is 0 Å². The Hall–Kier alpha value is -1.26. The van der Waals surface area contributed by atoms with E-state index in [2.05, 4.69) is 21.4 Å². The molecule has 1 aliphatic carbocycles. The second kappa shape index (κ2) is 4.39. The van der Waals surface area contributed by atoms with Gasteiger partial charge in [0.25, 0.3) is 0 Å². The third-order valence-corrected chi connectivity index (χ3v) is 6.52. The molecule has 4 nitrogen and oxygen atoms in total. The molecule has 6 rings (SSSR count). The average molecular weight is 318 g/mol. The highest BCUT2D eigenvalue weighted by molar-refractivity contribution is 6.35. The third kappa shape index (κ3) is 1.65. The van der Waals surface area contributed by atoms with Crippen LogP contribution in [0, 0.1) is 12.8 Å². The van der Waals surface area contributed by atoms with Crippen LogP contribution in [0.1, 0.15) is 31.2 Å². The maximum Gasteiger partial charge on any atom is 0.187 e. The summed E-state index contributed by atoms with van der Waals surface area (Å²) >= 11 is 6.34. The zero-order valence-corrected chi connectivity index (χ0v) is 13.5. The van der Waals surface area contributed by atoms with Gasteiger partial charge in [-0.3, -0.25) is 4.90 Å². The highest BCUT2D eigenvalue weighted by atomic mass is 35.5. The van der Waals surface area contributed by atoms with Gasteiger partial charge in [-0.1, -0.05) is 22.8 Å². The second-order valence-electron chi connectivity index (χ2n) is 7.15. The molecule has 1 aromatic carbocycles. The van der Waals surface area contributed by atoms with Gasteiger partial charge in [-0.05, 0) is 63.2 Å². The van der Waals surface area contributed by atoms with Crippen LogP contribution in [0.2, 0.25) is 5.02 Å². The van der Waals surface area contributed by atoms with E-state index in [0.717, 1.165) is 22.7 Å². The molecule has 2 aromatic rings. The number of nitrogens with zero attached hydrogens (tertiary/aromatic N) is 2. The zero-order chi connectivity index (χ0) is 14.9. The highest BCUT2D eigenvalue weighted by Gasteiger charge is 2.60. The van der Waals surface area contributed by atoms with Gasteiger partial charge in [-0.25, -0.2) is 0 Å². The molecule has 2 bridgehead atoms. The van der Waals surface area contributed by atoms with Crippen molar-refractivity contribution in [1.29, 1.82) is 0 Å². The molecule has 1 atom stereocenters. The smallest absolute Gasteiger partial charge is 0.187 e. The Bertz CT molecular complexity index is 744. The molecule has 5 heteroatoms. The zero-order valence-electron chi connectivity index (χ0n) is 12.7. The number of fused-ring (bicyclic) bond motifs is 3. The number of piperidine rings is 3. The van der Waals surface area contributed by atoms with Crippen LogP contribution in [0.5, 0.6) is 0 Å². The van der Waals surface area contributed by atoms with E-state index in [1.165, 1.54) is 38.8 Å². The van der Waals surface area contributed by atoms with Crippen molar-refractivity contribution >= 4 is 28.4 Å². The first-order valence-electron chi connectivity index (χ1n) is 8.25. The Kier molecular flexibility index (Phi) is 2.63. The largest absolute Gasteiger partial charge is 0.362 e. The van der Waals surface area contributed by atoms with E-state index in [1.54, 1.807) is 0 Å². The lowest BCUT2D eigenvalue weighted by Gasteiger charge is -2.52. The molecule has 4 fully saturated rings. The quantitative estimate of drug-likeness (QED) is 0.914. The molecule has 4 heterocycles. The van der Waals surface area contributed by atoms with Gasteiger partial charge in [-0.15, -0.1) is 0 Å². The second-order valence-corrected chi connectivity index (χ2v) is 7.53. The topological polar surface area (TPSA) is 41.3 Å². The molecular weight excluding hydrogens is 298 g/mol. The first kappa shape index (κ1) is 13.2.